The zero-order valence-corrected chi connectivity index (χ0v) is 17.8. The van der Waals surface area contributed by atoms with Gasteiger partial charge in [-0.3, -0.25) is 0 Å². The first-order chi connectivity index (χ1) is 14.5. The van der Waals surface area contributed by atoms with Gasteiger partial charge < -0.3 is 14.6 Å². The molecular formula is C24H26O5S. The van der Waals surface area contributed by atoms with Gasteiger partial charge in [0.15, 0.2) is 9.84 Å². The zero-order valence-electron chi connectivity index (χ0n) is 17.0. The first kappa shape index (κ1) is 20.8. The Hall–Kier alpha value is -2.41. The highest BCUT2D eigenvalue weighted by Gasteiger charge is 2.46. The number of hydrogen-bond acceptors (Lipinski definition) is 5. The molecule has 6 heteroatoms. The van der Waals surface area contributed by atoms with Gasteiger partial charge in [0.1, 0.15) is 11.0 Å². The Labute approximate surface area is 177 Å². The second-order valence-corrected chi connectivity index (χ2v) is 9.96. The quantitative estimate of drug-likeness (QED) is 0.538. The Kier molecular flexibility index (Phi) is 6.09. The van der Waals surface area contributed by atoms with Crippen LogP contribution in [0.25, 0.3) is 11.6 Å². The Morgan fingerprint density at radius 3 is 2.73 bits per heavy atom. The van der Waals surface area contributed by atoms with E-state index in [0.29, 0.717) is 13.0 Å². The summed E-state index contributed by atoms with van der Waals surface area (Å²) < 4.78 is 36.2. The van der Waals surface area contributed by atoms with Gasteiger partial charge in [-0.15, -0.1) is 0 Å². The van der Waals surface area contributed by atoms with Crippen molar-refractivity contribution < 1.29 is 23.0 Å². The van der Waals surface area contributed by atoms with E-state index in [-0.39, 0.29) is 24.2 Å². The third-order valence-electron chi connectivity index (χ3n) is 5.71. The number of phenols is 1. The van der Waals surface area contributed by atoms with Crippen molar-refractivity contribution in [3.05, 3.63) is 76.9 Å². The lowest BCUT2D eigenvalue weighted by atomic mass is 9.93. The van der Waals surface area contributed by atoms with Crippen molar-refractivity contribution in [2.45, 2.75) is 24.2 Å². The average molecular weight is 427 g/mol. The second kappa shape index (κ2) is 8.76. The third kappa shape index (κ3) is 4.36. The number of methoxy groups -OCH3 is 1. The van der Waals surface area contributed by atoms with Crippen molar-refractivity contribution in [1.29, 1.82) is 0 Å². The van der Waals surface area contributed by atoms with Gasteiger partial charge in [-0.25, -0.2) is 8.42 Å². The highest BCUT2D eigenvalue weighted by molar-refractivity contribution is 7.92. The van der Waals surface area contributed by atoms with Crippen molar-refractivity contribution in [3.8, 4) is 5.75 Å². The van der Waals surface area contributed by atoms with Crippen LogP contribution in [0.3, 0.4) is 0 Å². The van der Waals surface area contributed by atoms with Crippen molar-refractivity contribution in [2.75, 3.05) is 26.1 Å². The highest BCUT2D eigenvalue weighted by Crippen LogP contribution is 2.39. The summed E-state index contributed by atoms with van der Waals surface area (Å²) in [6.45, 7) is 0.558. The largest absolute Gasteiger partial charge is 0.508 e. The topological polar surface area (TPSA) is 72.8 Å². The minimum atomic E-state index is -3.19. The summed E-state index contributed by atoms with van der Waals surface area (Å²) in [6.07, 6.45) is 3.26. The molecule has 1 N–H and O–H groups in total. The Morgan fingerprint density at radius 2 is 2.00 bits per heavy atom. The number of sulfone groups is 1. The smallest absolute Gasteiger partial charge is 0.163 e. The number of aromatic hydroxyl groups is 1. The predicted octanol–water partition coefficient (Wildman–Crippen LogP) is 3.85. The van der Waals surface area contributed by atoms with Gasteiger partial charge in [0.2, 0.25) is 0 Å². The van der Waals surface area contributed by atoms with E-state index in [4.69, 9.17) is 9.47 Å². The summed E-state index contributed by atoms with van der Waals surface area (Å²) in [5, 5.41) is 9.28. The molecule has 0 unspecified atom stereocenters. The normalized spacial score (nSPS) is 23.0. The van der Waals surface area contributed by atoms with Crippen LogP contribution >= 0.6 is 0 Å². The van der Waals surface area contributed by atoms with Crippen molar-refractivity contribution in [3.63, 3.8) is 0 Å². The lowest BCUT2D eigenvalue weighted by molar-refractivity contribution is 0.118. The summed E-state index contributed by atoms with van der Waals surface area (Å²) in [6, 6.07) is 17.2. The van der Waals surface area contributed by atoms with Gasteiger partial charge in [0, 0.05) is 7.11 Å². The zero-order chi connectivity index (χ0) is 21.1. The summed E-state index contributed by atoms with van der Waals surface area (Å²) in [4.78, 5) is 0. The van der Waals surface area contributed by atoms with E-state index in [9.17, 15) is 13.5 Å². The molecule has 0 amide bonds. The molecule has 0 aliphatic carbocycles. The van der Waals surface area contributed by atoms with E-state index in [1.165, 1.54) is 0 Å². The van der Waals surface area contributed by atoms with E-state index in [2.05, 4.69) is 18.2 Å². The van der Waals surface area contributed by atoms with Gasteiger partial charge in [-0.05, 0) is 52.8 Å². The Balaban J connectivity index is 1.60. The average Bonchev–Trinajstić information content (AvgIpc) is 3.26. The minimum Gasteiger partial charge on any atom is -0.508 e. The lowest BCUT2D eigenvalue weighted by Gasteiger charge is -2.16. The Morgan fingerprint density at radius 1 is 1.20 bits per heavy atom. The molecule has 0 radical (unpaired) electrons. The number of phenolic OH excluding ortho intramolecular Hbond substituents is 1. The van der Waals surface area contributed by atoms with E-state index >= 15 is 0 Å². The maximum Gasteiger partial charge on any atom is 0.163 e. The fraction of sp³-hybridized carbons (Fsp3) is 0.333. The van der Waals surface area contributed by atoms with Crippen LogP contribution in [0.2, 0.25) is 0 Å². The molecule has 0 spiro atoms. The van der Waals surface area contributed by atoms with Crippen molar-refractivity contribution in [2.24, 2.45) is 0 Å². The molecule has 4 rings (SSSR count). The Bertz CT molecular complexity index is 1070. The van der Waals surface area contributed by atoms with Crippen LogP contribution < -0.4 is 0 Å². The highest BCUT2D eigenvalue weighted by atomic mass is 32.2. The van der Waals surface area contributed by atoms with Crippen LogP contribution in [0.5, 0.6) is 5.75 Å². The molecule has 0 bridgehead atoms. The monoisotopic (exact) mass is 426 g/mol. The minimum absolute atomic E-state index is 0.0748. The summed E-state index contributed by atoms with van der Waals surface area (Å²) in [5.74, 6) is 0.300. The van der Waals surface area contributed by atoms with Gasteiger partial charge in [-0.1, -0.05) is 48.5 Å². The number of fused-ring (bicyclic) bond motifs is 1. The van der Waals surface area contributed by atoms with Crippen LogP contribution in [-0.2, 0) is 19.3 Å². The van der Waals surface area contributed by atoms with Gasteiger partial charge in [0.05, 0.1) is 25.1 Å². The summed E-state index contributed by atoms with van der Waals surface area (Å²) in [7, 11) is -1.61. The molecule has 2 atom stereocenters. The molecule has 2 aliphatic rings. The molecule has 2 aromatic carbocycles. The maximum atomic E-state index is 12.5. The fourth-order valence-electron chi connectivity index (χ4n) is 4.36. The number of ether oxygens (including phenoxy) is 2. The lowest BCUT2D eigenvalue weighted by Crippen LogP contribution is -2.19. The van der Waals surface area contributed by atoms with Crippen LogP contribution in [0.1, 0.15) is 24.0 Å². The van der Waals surface area contributed by atoms with Crippen LogP contribution in [0.15, 0.2) is 65.7 Å². The maximum absolute atomic E-state index is 12.5. The third-order valence-corrected chi connectivity index (χ3v) is 7.72. The summed E-state index contributed by atoms with van der Waals surface area (Å²) in [5.41, 5.74) is 4.88. The molecule has 30 heavy (non-hydrogen) atoms. The summed E-state index contributed by atoms with van der Waals surface area (Å²) >= 11 is 0. The first-order valence-corrected chi connectivity index (χ1v) is 11.8. The van der Waals surface area contributed by atoms with Gasteiger partial charge in [-0.2, -0.15) is 0 Å². The fourth-order valence-corrected chi connectivity index (χ4v) is 6.29. The van der Waals surface area contributed by atoms with E-state index in [0.717, 1.165) is 34.3 Å². The predicted molar refractivity (Wildman–Crippen MR) is 118 cm³/mol. The van der Waals surface area contributed by atoms with Crippen LogP contribution in [0, 0.1) is 0 Å². The van der Waals surface area contributed by atoms with E-state index in [1.807, 2.05) is 30.3 Å². The molecule has 0 aromatic heterocycles. The molecule has 2 aromatic rings. The molecular weight excluding hydrogens is 400 g/mol. The molecule has 2 aliphatic heterocycles. The molecule has 0 saturated carbocycles. The molecule has 1 fully saturated rings. The molecule has 158 valence electrons. The SMILES string of the molecule is COCC1=C2[C@@H](CC/C(=C/c3cccc(O)c3)c3ccccc3)OC[C@@H]2S(=O)(=O)C1. The number of benzene rings is 2. The number of hydrogen-bond donors (Lipinski definition) is 1. The van der Waals surface area contributed by atoms with Crippen molar-refractivity contribution in [1.82, 2.24) is 0 Å². The molecule has 5 nitrogen and oxygen atoms in total. The van der Waals surface area contributed by atoms with E-state index < -0.39 is 15.1 Å². The molecule has 1 saturated heterocycles. The van der Waals surface area contributed by atoms with Crippen LogP contribution in [-0.4, -0.2) is 51.0 Å². The molecule has 2 heterocycles. The van der Waals surface area contributed by atoms with Crippen molar-refractivity contribution >= 4 is 21.5 Å². The second-order valence-electron chi connectivity index (χ2n) is 7.78. The van der Waals surface area contributed by atoms with Crippen LogP contribution in [0.4, 0.5) is 0 Å². The number of rotatable bonds is 7. The first-order valence-electron chi connectivity index (χ1n) is 10.1. The number of allylic oxidation sites excluding steroid dienone is 1. The van der Waals surface area contributed by atoms with Gasteiger partial charge >= 0.3 is 0 Å². The standard InChI is InChI=1S/C24H26O5S/c1-28-14-20-16-30(26,27)23-15-29-22(24(20)23)11-10-19(18-7-3-2-4-8-18)12-17-6-5-9-21(25)13-17/h2-9,12-13,22-23,25H,10-11,14-16H2,1H3/b19-12-/t22-,23+/m1/s1. The van der Waals surface area contributed by atoms with E-state index in [1.54, 1.807) is 19.2 Å². The van der Waals surface area contributed by atoms with Gasteiger partial charge in [0.25, 0.3) is 0 Å².